The van der Waals surface area contributed by atoms with Crippen LogP contribution in [0, 0.1) is 5.41 Å². The monoisotopic (exact) mass is 328 g/mol. The van der Waals surface area contributed by atoms with Crippen molar-refractivity contribution in [2.24, 2.45) is 5.41 Å². The standard InChI is InChI=1S/C17H23F3N2O/c1-13(17(18,19)20)23-15-6-5-14(11-21-15)22-10-9-16(12-22)7-3-2-4-8-16/h5-6,11,13H,2-4,7-10,12H2,1H3/t13-/m0/s1. The van der Waals surface area contributed by atoms with Crippen LogP contribution >= 0.6 is 0 Å². The molecule has 2 fully saturated rings. The Hall–Kier alpha value is -1.46. The van der Waals surface area contributed by atoms with E-state index in [9.17, 15) is 13.2 Å². The van der Waals surface area contributed by atoms with Gasteiger partial charge in [0, 0.05) is 19.2 Å². The first kappa shape index (κ1) is 16.4. The molecule has 6 heteroatoms. The van der Waals surface area contributed by atoms with Crippen LogP contribution in [-0.4, -0.2) is 30.4 Å². The quantitative estimate of drug-likeness (QED) is 0.812. The van der Waals surface area contributed by atoms with Crippen molar-refractivity contribution < 1.29 is 17.9 Å². The van der Waals surface area contributed by atoms with Gasteiger partial charge in [-0.05, 0) is 37.7 Å². The summed E-state index contributed by atoms with van der Waals surface area (Å²) in [5.41, 5.74) is 1.41. The zero-order valence-corrected chi connectivity index (χ0v) is 13.4. The molecule has 1 aromatic rings. The summed E-state index contributed by atoms with van der Waals surface area (Å²) in [7, 11) is 0. The van der Waals surface area contributed by atoms with Crippen LogP contribution in [0.25, 0.3) is 0 Å². The summed E-state index contributed by atoms with van der Waals surface area (Å²) in [5, 5.41) is 0. The summed E-state index contributed by atoms with van der Waals surface area (Å²) in [5.74, 6) is 0.0187. The molecule has 3 rings (SSSR count). The zero-order valence-electron chi connectivity index (χ0n) is 13.4. The van der Waals surface area contributed by atoms with Crippen LogP contribution < -0.4 is 9.64 Å². The Balaban J connectivity index is 1.62. The molecule has 1 atom stereocenters. The fourth-order valence-corrected chi connectivity index (χ4v) is 3.74. The highest BCUT2D eigenvalue weighted by Crippen LogP contribution is 2.44. The number of halogens is 3. The van der Waals surface area contributed by atoms with Gasteiger partial charge in [0.25, 0.3) is 0 Å². The third-order valence-electron chi connectivity index (χ3n) is 5.20. The molecule has 1 saturated heterocycles. The summed E-state index contributed by atoms with van der Waals surface area (Å²) >= 11 is 0. The van der Waals surface area contributed by atoms with E-state index in [4.69, 9.17) is 4.74 Å². The van der Waals surface area contributed by atoms with Gasteiger partial charge in [-0.2, -0.15) is 13.2 Å². The van der Waals surface area contributed by atoms with Crippen molar-refractivity contribution in [3.05, 3.63) is 18.3 Å². The van der Waals surface area contributed by atoms with E-state index in [1.807, 2.05) is 6.07 Å². The zero-order chi connectivity index (χ0) is 16.5. The second-order valence-corrected chi connectivity index (χ2v) is 6.89. The van der Waals surface area contributed by atoms with Crippen molar-refractivity contribution in [1.29, 1.82) is 0 Å². The van der Waals surface area contributed by atoms with Crippen LogP contribution in [0.5, 0.6) is 5.88 Å². The highest BCUT2D eigenvalue weighted by molar-refractivity contribution is 5.47. The van der Waals surface area contributed by atoms with Crippen molar-refractivity contribution in [2.45, 2.75) is 57.7 Å². The predicted molar refractivity (Wildman–Crippen MR) is 82.7 cm³/mol. The van der Waals surface area contributed by atoms with E-state index < -0.39 is 12.3 Å². The molecule has 0 radical (unpaired) electrons. The van der Waals surface area contributed by atoms with Crippen molar-refractivity contribution in [3.8, 4) is 5.88 Å². The fourth-order valence-electron chi connectivity index (χ4n) is 3.74. The molecule has 3 nitrogen and oxygen atoms in total. The third kappa shape index (κ3) is 3.72. The van der Waals surface area contributed by atoms with E-state index in [1.165, 1.54) is 44.6 Å². The Morgan fingerprint density at radius 2 is 1.91 bits per heavy atom. The fraction of sp³-hybridized carbons (Fsp3) is 0.706. The first-order valence-corrected chi connectivity index (χ1v) is 8.32. The lowest BCUT2D eigenvalue weighted by Crippen LogP contribution is -2.31. The van der Waals surface area contributed by atoms with Crippen LogP contribution in [-0.2, 0) is 0 Å². The normalized spacial score (nSPS) is 22.3. The molecule has 0 bridgehead atoms. The van der Waals surface area contributed by atoms with E-state index in [2.05, 4.69) is 9.88 Å². The minimum absolute atomic E-state index is 0.0187. The van der Waals surface area contributed by atoms with Gasteiger partial charge in [0.1, 0.15) is 0 Å². The maximum Gasteiger partial charge on any atom is 0.425 e. The Morgan fingerprint density at radius 3 is 2.52 bits per heavy atom. The molecule has 0 amide bonds. The van der Waals surface area contributed by atoms with E-state index in [1.54, 1.807) is 6.20 Å². The van der Waals surface area contributed by atoms with E-state index in [0.29, 0.717) is 5.41 Å². The second-order valence-electron chi connectivity index (χ2n) is 6.89. The van der Waals surface area contributed by atoms with Gasteiger partial charge in [-0.1, -0.05) is 19.3 Å². The summed E-state index contributed by atoms with van der Waals surface area (Å²) < 4.78 is 42.4. The minimum Gasteiger partial charge on any atom is -0.465 e. The van der Waals surface area contributed by atoms with E-state index >= 15 is 0 Å². The van der Waals surface area contributed by atoms with Gasteiger partial charge in [0.15, 0.2) is 6.10 Å². The molecule has 0 N–H and O–H groups in total. The number of hydrogen-bond acceptors (Lipinski definition) is 3. The average Bonchev–Trinajstić information content (AvgIpc) is 2.91. The molecule has 128 valence electrons. The van der Waals surface area contributed by atoms with Gasteiger partial charge < -0.3 is 9.64 Å². The van der Waals surface area contributed by atoms with Crippen LogP contribution in [0.15, 0.2) is 18.3 Å². The number of hydrogen-bond donors (Lipinski definition) is 0. The summed E-state index contributed by atoms with van der Waals surface area (Å²) in [6.07, 6.45) is 3.16. The summed E-state index contributed by atoms with van der Waals surface area (Å²) in [4.78, 5) is 6.35. The molecular formula is C17H23F3N2O. The number of ether oxygens (including phenoxy) is 1. The molecule has 1 aliphatic carbocycles. The molecule has 2 aliphatic rings. The maximum atomic E-state index is 12.5. The van der Waals surface area contributed by atoms with Crippen molar-refractivity contribution in [1.82, 2.24) is 4.98 Å². The Bertz CT molecular complexity index is 524. The summed E-state index contributed by atoms with van der Waals surface area (Å²) in [6.45, 7) is 3.03. The number of anilines is 1. The Kier molecular flexibility index (Phi) is 4.43. The second kappa shape index (κ2) is 6.21. The lowest BCUT2D eigenvalue weighted by atomic mass is 9.73. The molecule has 1 aliphatic heterocycles. The smallest absolute Gasteiger partial charge is 0.425 e. The largest absolute Gasteiger partial charge is 0.465 e. The minimum atomic E-state index is -4.37. The SMILES string of the molecule is C[C@H](Oc1ccc(N2CCC3(CCCCC3)C2)cn1)C(F)(F)F. The molecule has 0 unspecified atom stereocenters. The number of rotatable bonds is 3. The van der Waals surface area contributed by atoms with Gasteiger partial charge in [-0.3, -0.25) is 0 Å². The van der Waals surface area contributed by atoms with Crippen molar-refractivity contribution in [2.75, 3.05) is 18.0 Å². The third-order valence-corrected chi connectivity index (χ3v) is 5.20. The van der Waals surface area contributed by atoms with E-state index in [-0.39, 0.29) is 5.88 Å². The van der Waals surface area contributed by atoms with Gasteiger partial charge in [-0.25, -0.2) is 4.98 Å². The van der Waals surface area contributed by atoms with Crippen LogP contribution in [0.3, 0.4) is 0 Å². The summed E-state index contributed by atoms with van der Waals surface area (Å²) in [6, 6.07) is 3.34. The first-order valence-electron chi connectivity index (χ1n) is 8.32. The molecule has 1 spiro atoms. The van der Waals surface area contributed by atoms with Gasteiger partial charge >= 0.3 is 6.18 Å². The highest BCUT2D eigenvalue weighted by Gasteiger charge is 2.39. The highest BCUT2D eigenvalue weighted by atomic mass is 19.4. The lowest BCUT2D eigenvalue weighted by Gasteiger charge is -2.33. The Labute approximate surface area is 134 Å². The number of nitrogens with zero attached hydrogens (tertiary/aromatic N) is 2. The molecule has 1 aromatic heterocycles. The number of aromatic nitrogens is 1. The molecule has 0 aromatic carbocycles. The van der Waals surface area contributed by atoms with Crippen LogP contribution in [0.2, 0.25) is 0 Å². The topological polar surface area (TPSA) is 25.4 Å². The molecular weight excluding hydrogens is 305 g/mol. The van der Waals surface area contributed by atoms with Gasteiger partial charge in [-0.15, -0.1) is 0 Å². The predicted octanol–water partition coefficient (Wildman–Crippen LogP) is 4.57. The van der Waals surface area contributed by atoms with Gasteiger partial charge in [0.2, 0.25) is 5.88 Å². The average molecular weight is 328 g/mol. The Morgan fingerprint density at radius 1 is 1.17 bits per heavy atom. The van der Waals surface area contributed by atoms with E-state index in [0.717, 1.165) is 25.7 Å². The maximum absolute atomic E-state index is 12.5. The van der Waals surface area contributed by atoms with Crippen molar-refractivity contribution >= 4 is 5.69 Å². The van der Waals surface area contributed by atoms with Crippen molar-refractivity contribution in [3.63, 3.8) is 0 Å². The molecule has 2 heterocycles. The van der Waals surface area contributed by atoms with Gasteiger partial charge in [0.05, 0.1) is 11.9 Å². The molecule has 1 saturated carbocycles. The number of alkyl halides is 3. The first-order chi connectivity index (χ1) is 10.9. The molecule has 23 heavy (non-hydrogen) atoms. The number of pyridine rings is 1. The van der Waals surface area contributed by atoms with Crippen LogP contribution in [0.4, 0.5) is 18.9 Å². The lowest BCUT2D eigenvalue weighted by molar-refractivity contribution is -0.189. The van der Waals surface area contributed by atoms with Crippen LogP contribution in [0.1, 0.15) is 45.4 Å².